The second kappa shape index (κ2) is 7.25. The summed E-state index contributed by atoms with van der Waals surface area (Å²) in [6.07, 6.45) is 0. The molecule has 4 aromatic rings. The monoisotopic (exact) mass is 402 g/mol. The van der Waals surface area contributed by atoms with Crippen molar-refractivity contribution in [2.45, 2.75) is 20.4 Å². The summed E-state index contributed by atoms with van der Waals surface area (Å²) in [5.41, 5.74) is 4.49. The Hall–Kier alpha value is -3.19. The largest absolute Gasteiger partial charge is 0.369 e. The molecule has 0 N–H and O–H groups in total. The first kappa shape index (κ1) is 18.8. The second-order valence-electron chi connectivity index (χ2n) is 8.24. The van der Waals surface area contributed by atoms with Gasteiger partial charge in [-0.05, 0) is 43.7 Å². The molecule has 0 aliphatic carbocycles. The van der Waals surface area contributed by atoms with Crippen molar-refractivity contribution >= 4 is 22.4 Å². The van der Waals surface area contributed by atoms with E-state index in [0.29, 0.717) is 17.7 Å². The molecule has 0 amide bonds. The van der Waals surface area contributed by atoms with Gasteiger partial charge in [0.15, 0.2) is 5.82 Å². The lowest BCUT2D eigenvalue weighted by Gasteiger charge is -2.35. The van der Waals surface area contributed by atoms with Gasteiger partial charge in [-0.1, -0.05) is 23.8 Å². The van der Waals surface area contributed by atoms with E-state index in [4.69, 9.17) is 0 Å². The molecule has 1 aliphatic rings. The molecule has 0 saturated carbocycles. The number of rotatable bonds is 3. The molecule has 0 radical (unpaired) electrons. The number of nitrogens with zero attached hydrogens (tertiary/aromatic N) is 6. The fourth-order valence-corrected chi connectivity index (χ4v) is 4.35. The number of aromatic nitrogens is 4. The Labute approximate surface area is 175 Å². The maximum atomic E-state index is 12.8. The van der Waals surface area contributed by atoms with Crippen LogP contribution in [0.4, 0.5) is 5.69 Å². The molecule has 0 spiro atoms. The highest BCUT2D eigenvalue weighted by molar-refractivity contribution is 5.81. The molecule has 1 aliphatic heterocycles. The van der Waals surface area contributed by atoms with E-state index in [1.165, 1.54) is 11.3 Å². The molecule has 1 saturated heterocycles. The molecule has 154 valence electrons. The summed E-state index contributed by atoms with van der Waals surface area (Å²) >= 11 is 0. The predicted molar refractivity (Wildman–Crippen MR) is 119 cm³/mol. The number of hydrogen-bond donors (Lipinski definition) is 0. The van der Waals surface area contributed by atoms with Crippen LogP contribution in [0, 0.1) is 13.8 Å². The maximum Gasteiger partial charge on any atom is 0.262 e. The van der Waals surface area contributed by atoms with Crippen LogP contribution in [0.25, 0.3) is 16.7 Å². The second-order valence-corrected chi connectivity index (χ2v) is 8.24. The first-order valence-corrected chi connectivity index (χ1v) is 10.4. The molecule has 0 atom stereocenters. The summed E-state index contributed by atoms with van der Waals surface area (Å²) in [4.78, 5) is 17.6. The Kier molecular flexibility index (Phi) is 4.55. The van der Waals surface area contributed by atoms with E-state index in [9.17, 15) is 4.79 Å². The van der Waals surface area contributed by atoms with Crippen LogP contribution in [0.3, 0.4) is 0 Å². The molecule has 0 bridgehead atoms. The summed E-state index contributed by atoms with van der Waals surface area (Å²) in [5, 5.41) is 9.48. The van der Waals surface area contributed by atoms with Crippen LogP contribution in [0.1, 0.15) is 17.0 Å². The molecule has 7 nitrogen and oxygen atoms in total. The quantitative estimate of drug-likeness (QED) is 0.527. The first-order chi connectivity index (χ1) is 14.5. The van der Waals surface area contributed by atoms with Crippen molar-refractivity contribution in [3.05, 3.63) is 69.8 Å². The summed E-state index contributed by atoms with van der Waals surface area (Å²) < 4.78 is 3.62. The molecule has 30 heavy (non-hydrogen) atoms. The summed E-state index contributed by atoms with van der Waals surface area (Å²) in [6.45, 7) is 8.75. The average molecular weight is 403 g/mol. The maximum absolute atomic E-state index is 12.8. The summed E-state index contributed by atoms with van der Waals surface area (Å²) in [5.74, 6) is 1.46. The number of hydrogen-bond acceptors (Lipinski definition) is 5. The van der Waals surface area contributed by atoms with E-state index in [-0.39, 0.29) is 5.56 Å². The van der Waals surface area contributed by atoms with Crippen LogP contribution < -0.4 is 10.5 Å². The third kappa shape index (κ3) is 3.15. The Balaban J connectivity index is 1.43. The Morgan fingerprint density at radius 1 is 0.933 bits per heavy atom. The van der Waals surface area contributed by atoms with Gasteiger partial charge in [-0.15, -0.1) is 10.2 Å². The summed E-state index contributed by atoms with van der Waals surface area (Å²) in [7, 11) is 1.76. The van der Waals surface area contributed by atoms with Crippen LogP contribution in [0.2, 0.25) is 0 Å². The SMILES string of the molecule is Cc1cccc(N2CCN(Cc3nnc4n(C)c(=O)c5cc(C)ccc5n34)CC2)c1. The van der Waals surface area contributed by atoms with Crippen LogP contribution in [0.5, 0.6) is 0 Å². The number of anilines is 1. The van der Waals surface area contributed by atoms with Crippen LogP contribution >= 0.6 is 0 Å². The lowest BCUT2D eigenvalue weighted by atomic mass is 10.1. The minimum Gasteiger partial charge on any atom is -0.369 e. The fourth-order valence-electron chi connectivity index (χ4n) is 4.35. The number of fused-ring (bicyclic) bond motifs is 3. The lowest BCUT2D eigenvalue weighted by molar-refractivity contribution is 0.243. The molecule has 1 fully saturated rings. The van der Waals surface area contributed by atoms with Crippen LogP contribution in [0.15, 0.2) is 47.3 Å². The first-order valence-electron chi connectivity index (χ1n) is 10.4. The van der Waals surface area contributed by atoms with Gasteiger partial charge in [0.2, 0.25) is 5.78 Å². The van der Waals surface area contributed by atoms with E-state index in [0.717, 1.165) is 43.1 Å². The van der Waals surface area contributed by atoms with E-state index in [2.05, 4.69) is 51.2 Å². The van der Waals surface area contributed by atoms with Crippen LogP contribution in [-0.4, -0.2) is 50.2 Å². The zero-order valence-electron chi connectivity index (χ0n) is 17.7. The van der Waals surface area contributed by atoms with E-state index in [1.54, 1.807) is 11.6 Å². The molecule has 7 heteroatoms. The van der Waals surface area contributed by atoms with Crippen molar-refractivity contribution in [1.29, 1.82) is 0 Å². The van der Waals surface area contributed by atoms with Crippen molar-refractivity contribution in [2.75, 3.05) is 31.1 Å². The number of benzene rings is 2. The predicted octanol–water partition coefficient (Wildman–Crippen LogP) is 2.52. The fraction of sp³-hybridized carbons (Fsp3) is 0.348. The zero-order chi connectivity index (χ0) is 20.8. The molecule has 0 unspecified atom stereocenters. The topological polar surface area (TPSA) is 58.7 Å². The highest BCUT2D eigenvalue weighted by Crippen LogP contribution is 2.20. The Bertz CT molecular complexity index is 1300. The van der Waals surface area contributed by atoms with Crippen molar-refractivity contribution in [3.63, 3.8) is 0 Å². The van der Waals surface area contributed by atoms with Crippen molar-refractivity contribution in [1.82, 2.24) is 24.1 Å². The Morgan fingerprint density at radius 2 is 1.70 bits per heavy atom. The molecular weight excluding hydrogens is 376 g/mol. The highest BCUT2D eigenvalue weighted by atomic mass is 16.1. The molecule has 2 aromatic heterocycles. The van der Waals surface area contributed by atoms with Crippen LogP contribution in [-0.2, 0) is 13.6 Å². The van der Waals surface area contributed by atoms with Gasteiger partial charge in [0.1, 0.15) is 0 Å². The number of aryl methyl sites for hydroxylation is 3. The zero-order valence-corrected chi connectivity index (χ0v) is 17.7. The van der Waals surface area contributed by atoms with E-state index < -0.39 is 0 Å². The minimum atomic E-state index is -0.0353. The Morgan fingerprint density at radius 3 is 2.47 bits per heavy atom. The standard InChI is InChI=1S/C23H26N6O/c1-16-5-4-6-18(13-16)28-11-9-27(10-12-28)15-21-24-25-23-26(3)22(30)19-14-17(2)7-8-20(19)29(21)23/h4-8,13-14H,9-12,15H2,1-3H3. The van der Waals surface area contributed by atoms with Gasteiger partial charge in [0, 0.05) is 38.9 Å². The van der Waals surface area contributed by atoms with Gasteiger partial charge in [0.25, 0.3) is 5.56 Å². The molecule has 2 aromatic carbocycles. The van der Waals surface area contributed by atoms with Gasteiger partial charge in [0.05, 0.1) is 17.4 Å². The molecular formula is C23H26N6O. The third-order valence-corrected chi connectivity index (χ3v) is 6.05. The van der Waals surface area contributed by atoms with E-state index >= 15 is 0 Å². The molecule has 5 rings (SSSR count). The highest BCUT2D eigenvalue weighted by Gasteiger charge is 2.21. The third-order valence-electron chi connectivity index (χ3n) is 6.05. The minimum absolute atomic E-state index is 0.0353. The average Bonchev–Trinajstić information content (AvgIpc) is 3.16. The van der Waals surface area contributed by atoms with E-state index in [1.807, 2.05) is 29.5 Å². The smallest absolute Gasteiger partial charge is 0.262 e. The van der Waals surface area contributed by atoms with Gasteiger partial charge in [-0.3, -0.25) is 18.7 Å². The van der Waals surface area contributed by atoms with Crippen molar-refractivity contribution in [2.24, 2.45) is 7.05 Å². The van der Waals surface area contributed by atoms with Gasteiger partial charge < -0.3 is 4.90 Å². The molecule has 3 heterocycles. The van der Waals surface area contributed by atoms with Crippen molar-refractivity contribution < 1.29 is 0 Å². The summed E-state index contributed by atoms with van der Waals surface area (Å²) in [6, 6.07) is 14.7. The van der Waals surface area contributed by atoms with Gasteiger partial charge >= 0.3 is 0 Å². The van der Waals surface area contributed by atoms with Gasteiger partial charge in [-0.25, -0.2) is 0 Å². The lowest BCUT2D eigenvalue weighted by Crippen LogP contribution is -2.46. The number of piperazine rings is 1. The van der Waals surface area contributed by atoms with Crippen molar-refractivity contribution in [3.8, 4) is 0 Å². The normalized spacial score (nSPS) is 15.4. The van der Waals surface area contributed by atoms with Gasteiger partial charge in [-0.2, -0.15) is 0 Å².